The summed E-state index contributed by atoms with van der Waals surface area (Å²) >= 11 is 0. The monoisotopic (exact) mass is 245 g/mol. The number of aromatic nitrogens is 1. The summed E-state index contributed by atoms with van der Waals surface area (Å²) < 4.78 is 5.49. The molecule has 1 aromatic heterocycles. The van der Waals surface area contributed by atoms with Gasteiger partial charge in [0.2, 0.25) is 0 Å². The third-order valence-electron chi connectivity index (χ3n) is 3.47. The van der Waals surface area contributed by atoms with Crippen molar-refractivity contribution >= 4 is 16.6 Å². The quantitative estimate of drug-likeness (QED) is 0.863. The summed E-state index contributed by atoms with van der Waals surface area (Å²) in [5.41, 5.74) is 2.44. The minimum Gasteiger partial charge on any atom is -0.378 e. The van der Waals surface area contributed by atoms with Crippen molar-refractivity contribution in [2.24, 2.45) is 0 Å². The third kappa shape index (κ3) is 2.21. The summed E-state index contributed by atoms with van der Waals surface area (Å²) in [6, 6.07) is 8.81. The van der Waals surface area contributed by atoms with Gasteiger partial charge in [-0.1, -0.05) is 18.2 Å². The van der Waals surface area contributed by atoms with Crippen molar-refractivity contribution in [3.8, 4) is 0 Å². The molecule has 18 heavy (non-hydrogen) atoms. The summed E-state index contributed by atoms with van der Waals surface area (Å²) in [7, 11) is 2.13. The zero-order chi connectivity index (χ0) is 12.4. The van der Waals surface area contributed by atoms with Crippen molar-refractivity contribution in [2.45, 2.75) is 6.04 Å². The van der Waals surface area contributed by atoms with Crippen LogP contribution >= 0.6 is 0 Å². The molecule has 1 aliphatic heterocycles. The van der Waals surface area contributed by atoms with Crippen LogP contribution in [0.4, 0.5) is 5.69 Å². The average molecular weight is 245 g/mol. The molecule has 2 heterocycles. The van der Waals surface area contributed by atoms with Gasteiger partial charge in [0.25, 0.3) is 0 Å². The Balaban J connectivity index is 1.76. The second-order valence-electron chi connectivity index (χ2n) is 4.83. The van der Waals surface area contributed by atoms with Gasteiger partial charge in [0.15, 0.2) is 0 Å². The predicted molar refractivity (Wildman–Crippen MR) is 74.2 cm³/mol. The number of aromatic amines is 1. The standard InChI is InChI=1S/C14H19N3O/c1-17(9-11-10-18-7-6-15-11)14-8-16-13-5-3-2-4-12(13)14/h2-5,8,11,15-16H,6-7,9-10H2,1H3. The van der Waals surface area contributed by atoms with E-state index < -0.39 is 0 Å². The molecule has 4 nitrogen and oxygen atoms in total. The topological polar surface area (TPSA) is 40.3 Å². The molecule has 3 rings (SSSR count). The second kappa shape index (κ2) is 5.00. The first-order chi connectivity index (χ1) is 8.84. The van der Waals surface area contributed by atoms with E-state index >= 15 is 0 Å². The molecule has 0 amide bonds. The summed E-state index contributed by atoms with van der Waals surface area (Å²) in [4.78, 5) is 5.60. The molecule has 4 heteroatoms. The van der Waals surface area contributed by atoms with Crippen molar-refractivity contribution in [3.63, 3.8) is 0 Å². The highest BCUT2D eigenvalue weighted by atomic mass is 16.5. The highest BCUT2D eigenvalue weighted by Gasteiger charge is 2.16. The lowest BCUT2D eigenvalue weighted by Gasteiger charge is -2.29. The van der Waals surface area contributed by atoms with Gasteiger partial charge in [0, 0.05) is 43.3 Å². The zero-order valence-corrected chi connectivity index (χ0v) is 10.6. The van der Waals surface area contributed by atoms with Crippen LogP contribution in [0.3, 0.4) is 0 Å². The van der Waals surface area contributed by atoms with E-state index in [1.54, 1.807) is 0 Å². The van der Waals surface area contributed by atoms with E-state index in [1.807, 2.05) is 0 Å². The van der Waals surface area contributed by atoms with Crippen LogP contribution < -0.4 is 10.2 Å². The highest BCUT2D eigenvalue weighted by Crippen LogP contribution is 2.25. The van der Waals surface area contributed by atoms with Gasteiger partial charge in [-0.2, -0.15) is 0 Å². The number of hydrogen-bond acceptors (Lipinski definition) is 3. The van der Waals surface area contributed by atoms with Gasteiger partial charge in [-0.25, -0.2) is 0 Å². The first-order valence-corrected chi connectivity index (χ1v) is 6.43. The number of morpholine rings is 1. The smallest absolute Gasteiger partial charge is 0.0637 e. The van der Waals surface area contributed by atoms with Gasteiger partial charge in [-0.3, -0.25) is 0 Å². The number of ether oxygens (including phenoxy) is 1. The molecule has 1 fully saturated rings. The van der Waals surface area contributed by atoms with Crippen LogP contribution in [0.1, 0.15) is 0 Å². The Kier molecular flexibility index (Phi) is 3.21. The van der Waals surface area contributed by atoms with Crippen molar-refractivity contribution in [3.05, 3.63) is 30.5 Å². The molecule has 1 saturated heterocycles. The number of likely N-dealkylation sites (N-methyl/N-ethyl adjacent to an activating group) is 1. The Labute approximate surface area is 107 Å². The van der Waals surface area contributed by atoms with Gasteiger partial charge in [-0.05, 0) is 6.07 Å². The Morgan fingerprint density at radius 3 is 3.11 bits per heavy atom. The van der Waals surface area contributed by atoms with E-state index in [1.165, 1.54) is 16.6 Å². The Hall–Kier alpha value is -1.52. The fraction of sp³-hybridized carbons (Fsp3) is 0.429. The maximum Gasteiger partial charge on any atom is 0.0637 e. The largest absolute Gasteiger partial charge is 0.378 e. The Morgan fingerprint density at radius 2 is 2.28 bits per heavy atom. The van der Waals surface area contributed by atoms with E-state index in [-0.39, 0.29) is 0 Å². The number of rotatable bonds is 3. The van der Waals surface area contributed by atoms with E-state index in [0.717, 1.165) is 26.3 Å². The van der Waals surface area contributed by atoms with Crippen LogP contribution in [-0.4, -0.2) is 44.4 Å². The molecule has 0 spiro atoms. The molecule has 1 atom stereocenters. The molecule has 0 bridgehead atoms. The van der Waals surface area contributed by atoms with E-state index in [9.17, 15) is 0 Å². The molecule has 2 N–H and O–H groups in total. The SMILES string of the molecule is CN(CC1COCCN1)c1c[nH]c2ccccc12. The molecular formula is C14H19N3O. The second-order valence-corrected chi connectivity index (χ2v) is 4.83. The molecule has 0 aliphatic carbocycles. The Morgan fingerprint density at radius 1 is 1.39 bits per heavy atom. The molecule has 0 radical (unpaired) electrons. The number of nitrogens with zero attached hydrogens (tertiary/aromatic N) is 1. The van der Waals surface area contributed by atoms with Crippen molar-refractivity contribution in [2.75, 3.05) is 38.3 Å². The Bertz CT molecular complexity index is 516. The number of nitrogens with one attached hydrogen (secondary N) is 2. The molecule has 1 aromatic carbocycles. The maximum atomic E-state index is 5.49. The van der Waals surface area contributed by atoms with Crippen molar-refractivity contribution in [1.29, 1.82) is 0 Å². The molecular weight excluding hydrogens is 226 g/mol. The number of fused-ring (bicyclic) bond motifs is 1. The van der Waals surface area contributed by atoms with E-state index in [0.29, 0.717) is 6.04 Å². The number of benzene rings is 1. The van der Waals surface area contributed by atoms with E-state index in [4.69, 9.17) is 4.74 Å². The summed E-state index contributed by atoms with van der Waals surface area (Å²) in [6.07, 6.45) is 2.08. The predicted octanol–water partition coefficient (Wildman–Crippen LogP) is 1.59. The maximum absolute atomic E-state index is 5.49. The molecule has 0 saturated carbocycles. The van der Waals surface area contributed by atoms with Gasteiger partial charge in [0.05, 0.1) is 18.9 Å². The summed E-state index contributed by atoms with van der Waals surface area (Å²) in [5.74, 6) is 0. The molecule has 1 unspecified atom stereocenters. The lowest BCUT2D eigenvalue weighted by Crippen LogP contribution is -2.47. The highest BCUT2D eigenvalue weighted by molar-refractivity contribution is 5.92. The number of anilines is 1. The third-order valence-corrected chi connectivity index (χ3v) is 3.47. The van der Waals surface area contributed by atoms with Crippen LogP contribution in [0.5, 0.6) is 0 Å². The van der Waals surface area contributed by atoms with E-state index in [2.05, 4.69) is 52.7 Å². The van der Waals surface area contributed by atoms with Gasteiger partial charge in [-0.15, -0.1) is 0 Å². The lowest BCUT2D eigenvalue weighted by molar-refractivity contribution is 0.0791. The number of H-pyrrole nitrogens is 1. The summed E-state index contributed by atoms with van der Waals surface area (Å²) in [5, 5.41) is 4.76. The van der Waals surface area contributed by atoms with Crippen molar-refractivity contribution < 1.29 is 4.74 Å². The minimum absolute atomic E-state index is 0.414. The fourth-order valence-corrected chi connectivity index (χ4v) is 2.54. The van der Waals surface area contributed by atoms with Crippen LogP contribution in [0.2, 0.25) is 0 Å². The molecule has 96 valence electrons. The average Bonchev–Trinajstić information content (AvgIpc) is 2.84. The van der Waals surface area contributed by atoms with Gasteiger partial charge >= 0.3 is 0 Å². The van der Waals surface area contributed by atoms with Crippen LogP contribution in [0.15, 0.2) is 30.5 Å². The molecule has 1 aliphatic rings. The molecule has 2 aromatic rings. The number of hydrogen-bond donors (Lipinski definition) is 2. The van der Waals surface area contributed by atoms with Crippen molar-refractivity contribution in [1.82, 2.24) is 10.3 Å². The van der Waals surface area contributed by atoms with Crippen LogP contribution in [0, 0.1) is 0 Å². The van der Waals surface area contributed by atoms with Gasteiger partial charge in [0.1, 0.15) is 0 Å². The summed E-state index contributed by atoms with van der Waals surface area (Å²) in [6.45, 7) is 3.54. The first-order valence-electron chi connectivity index (χ1n) is 6.43. The zero-order valence-electron chi connectivity index (χ0n) is 10.6. The minimum atomic E-state index is 0.414. The van der Waals surface area contributed by atoms with Crippen LogP contribution in [-0.2, 0) is 4.74 Å². The number of para-hydroxylation sites is 1. The normalized spacial score (nSPS) is 20.2. The van der Waals surface area contributed by atoms with Gasteiger partial charge < -0.3 is 19.9 Å². The lowest BCUT2D eigenvalue weighted by atomic mass is 10.2. The first kappa shape index (κ1) is 11.6. The van der Waals surface area contributed by atoms with Crippen LogP contribution in [0.25, 0.3) is 10.9 Å². The fourth-order valence-electron chi connectivity index (χ4n) is 2.54.